The third kappa shape index (κ3) is 4.54. The molecule has 6 heteroatoms. The average molecular weight is 489 g/mol. The number of rotatable bonds is 8. The van der Waals surface area contributed by atoms with E-state index in [1.54, 1.807) is 7.11 Å². The summed E-state index contributed by atoms with van der Waals surface area (Å²) in [4.78, 5) is 14.6. The summed E-state index contributed by atoms with van der Waals surface area (Å²) < 4.78 is 12.4. The van der Waals surface area contributed by atoms with E-state index in [1.165, 1.54) is 10.4 Å². The van der Waals surface area contributed by atoms with E-state index in [1.807, 2.05) is 41.3 Å². The highest BCUT2D eigenvalue weighted by Gasteiger charge is 2.52. The molecule has 1 aliphatic heterocycles. The van der Waals surface area contributed by atoms with Gasteiger partial charge >= 0.3 is 0 Å². The first kappa shape index (κ1) is 25.2. The number of carbonyl (C=O) groups excluding carboxylic acids is 1. The molecule has 0 radical (unpaired) electrons. The Morgan fingerprint density at radius 2 is 1.43 bits per heavy atom. The van der Waals surface area contributed by atoms with Crippen molar-refractivity contribution in [3.63, 3.8) is 0 Å². The fourth-order valence-corrected chi connectivity index (χ4v) is 9.97. The van der Waals surface area contributed by atoms with E-state index in [2.05, 4.69) is 76.2 Å². The summed E-state index contributed by atoms with van der Waals surface area (Å²) in [5.41, 5.74) is 7.17. The van der Waals surface area contributed by atoms with Crippen LogP contribution in [-0.2, 0) is 9.22 Å². The van der Waals surface area contributed by atoms with Gasteiger partial charge in [0.15, 0.2) is 0 Å². The summed E-state index contributed by atoms with van der Waals surface area (Å²) in [6.45, 7) is 9.45. The smallest absolute Gasteiger partial charge is 0.261 e. The van der Waals surface area contributed by atoms with Gasteiger partial charge in [0, 0.05) is 18.2 Å². The summed E-state index contributed by atoms with van der Waals surface area (Å²) in [6, 6.07) is 28.1. The molecule has 184 valence electrons. The predicted octanol–water partition coefficient (Wildman–Crippen LogP) is 3.95. The van der Waals surface area contributed by atoms with Gasteiger partial charge in [0.1, 0.15) is 11.8 Å². The number of hydrogen-bond acceptors (Lipinski definition) is 4. The van der Waals surface area contributed by atoms with E-state index >= 15 is 0 Å². The molecule has 0 aromatic heterocycles. The molecule has 1 saturated heterocycles. The lowest BCUT2D eigenvalue weighted by atomic mass is 9.85. The molecule has 1 fully saturated rings. The van der Waals surface area contributed by atoms with Crippen LogP contribution in [0.5, 0.6) is 5.75 Å². The van der Waals surface area contributed by atoms with E-state index in [9.17, 15) is 4.79 Å². The van der Waals surface area contributed by atoms with Crippen molar-refractivity contribution in [1.82, 2.24) is 0 Å². The normalized spacial score (nSPS) is 19.3. The molecule has 1 amide bonds. The zero-order valence-corrected chi connectivity index (χ0v) is 22.3. The van der Waals surface area contributed by atoms with Crippen molar-refractivity contribution in [3.05, 3.63) is 84.9 Å². The monoisotopic (exact) mass is 488 g/mol. The Labute approximate surface area is 210 Å². The lowest BCUT2D eigenvalue weighted by Crippen LogP contribution is -2.72. The zero-order chi connectivity index (χ0) is 25.2. The molecular formula is C29H36N2O3Si. The third-order valence-corrected chi connectivity index (χ3v) is 12.1. The number of benzene rings is 3. The van der Waals surface area contributed by atoms with Crippen LogP contribution in [0.3, 0.4) is 0 Å². The summed E-state index contributed by atoms with van der Waals surface area (Å²) in [5.74, 6) is 0.745. The Morgan fingerprint density at radius 1 is 0.914 bits per heavy atom. The van der Waals surface area contributed by atoms with Crippen molar-refractivity contribution in [2.45, 2.75) is 44.8 Å². The maximum absolute atomic E-state index is 12.8. The molecule has 0 spiro atoms. The lowest BCUT2D eigenvalue weighted by Gasteiger charge is -2.50. The average Bonchev–Trinajstić information content (AvgIpc) is 2.87. The first-order valence-electron chi connectivity index (χ1n) is 12.2. The fourth-order valence-electron chi connectivity index (χ4n) is 5.30. The van der Waals surface area contributed by atoms with Gasteiger partial charge in [-0.05, 0) is 39.7 Å². The molecular weight excluding hydrogens is 452 g/mol. The Kier molecular flexibility index (Phi) is 7.17. The van der Waals surface area contributed by atoms with Gasteiger partial charge in [-0.1, -0.05) is 88.4 Å². The quantitative estimate of drug-likeness (QED) is 0.385. The molecule has 3 aromatic rings. The maximum Gasteiger partial charge on any atom is 0.261 e. The number of nitrogens with two attached hydrogens (primary N) is 1. The van der Waals surface area contributed by atoms with Crippen LogP contribution in [0.2, 0.25) is 5.04 Å². The number of ether oxygens (including phenoxy) is 1. The number of hydrogen-bond donors (Lipinski definition) is 1. The van der Waals surface area contributed by atoms with E-state index in [4.69, 9.17) is 14.9 Å². The van der Waals surface area contributed by atoms with Crippen molar-refractivity contribution in [2.75, 3.05) is 18.6 Å². The number of β-lactam (4-membered cyclic amide) rings is 1. The molecule has 3 atom stereocenters. The molecule has 4 rings (SSSR count). The standard InChI is InChI=1S/C29H36N2O3Si/c1-21(27-26(30)28(32)31(27)22-16-18-23(33-5)19-17-22)20-34-35(29(2,3)4,24-12-8-6-9-13-24)25-14-10-7-11-15-25/h6-19,21,26-27H,20,30H2,1-5H3/t21-,26+,27+/m0/s1. The molecule has 1 aliphatic rings. The van der Waals surface area contributed by atoms with Crippen LogP contribution in [0.25, 0.3) is 0 Å². The van der Waals surface area contributed by atoms with Crippen molar-refractivity contribution in [3.8, 4) is 5.75 Å². The Balaban J connectivity index is 1.65. The molecule has 3 aromatic carbocycles. The first-order valence-corrected chi connectivity index (χ1v) is 14.1. The minimum Gasteiger partial charge on any atom is -0.497 e. The second-order valence-corrected chi connectivity index (χ2v) is 14.7. The van der Waals surface area contributed by atoms with Gasteiger partial charge in [-0.15, -0.1) is 0 Å². The SMILES string of the molecule is COc1ccc(N2C(=O)[C@H](N)[C@H]2[C@@H](C)CO[Si](c2ccccc2)(c2ccccc2)C(C)(C)C)cc1. The fraction of sp³-hybridized carbons (Fsp3) is 0.345. The van der Waals surface area contributed by atoms with Crippen LogP contribution in [0, 0.1) is 5.92 Å². The summed E-state index contributed by atoms with van der Waals surface area (Å²) in [6.07, 6.45) is 0. The van der Waals surface area contributed by atoms with Crippen molar-refractivity contribution < 1.29 is 14.0 Å². The maximum atomic E-state index is 12.8. The predicted molar refractivity (Wildman–Crippen MR) is 145 cm³/mol. The van der Waals surface area contributed by atoms with E-state index in [-0.39, 0.29) is 22.9 Å². The number of nitrogens with zero attached hydrogens (tertiary/aromatic N) is 1. The largest absolute Gasteiger partial charge is 0.497 e. The summed E-state index contributed by atoms with van der Waals surface area (Å²) >= 11 is 0. The number of carbonyl (C=O) groups is 1. The minimum atomic E-state index is -2.66. The van der Waals surface area contributed by atoms with Gasteiger partial charge in [0.2, 0.25) is 5.91 Å². The molecule has 35 heavy (non-hydrogen) atoms. The van der Waals surface area contributed by atoms with Crippen LogP contribution in [0.15, 0.2) is 84.9 Å². The summed E-state index contributed by atoms with van der Waals surface area (Å²) in [5, 5.41) is 2.38. The van der Waals surface area contributed by atoms with Gasteiger partial charge in [0.25, 0.3) is 8.32 Å². The van der Waals surface area contributed by atoms with Gasteiger partial charge in [-0.25, -0.2) is 0 Å². The third-order valence-electron chi connectivity index (χ3n) is 7.10. The molecule has 5 nitrogen and oxygen atoms in total. The van der Waals surface area contributed by atoms with E-state index in [0.29, 0.717) is 6.61 Å². The van der Waals surface area contributed by atoms with Gasteiger partial charge in [-0.2, -0.15) is 0 Å². The Hall–Kier alpha value is -2.93. The molecule has 1 heterocycles. The van der Waals surface area contributed by atoms with Crippen LogP contribution >= 0.6 is 0 Å². The second-order valence-electron chi connectivity index (χ2n) is 10.4. The lowest BCUT2D eigenvalue weighted by molar-refractivity contribution is -0.127. The number of methoxy groups -OCH3 is 1. The van der Waals surface area contributed by atoms with E-state index < -0.39 is 14.4 Å². The zero-order valence-electron chi connectivity index (χ0n) is 21.3. The van der Waals surface area contributed by atoms with Crippen LogP contribution in [-0.4, -0.2) is 40.0 Å². The number of amides is 1. The topological polar surface area (TPSA) is 64.8 Å². The van der Waals surface area contributed by atoms with Crippen LogP contribution in [0.4, 0.5) is 5.69 Å². The Morgan fingerprint density at radius 3 is 1.89 bits per heavy atom. The molecule has 0 saturated carbocycles. The summed E-state index contributed by atoms with van der Waals surface area (Å²) in [7, 11) is -1.03. The molecule has 0 aliphatic carbocycles. The highest BCUT2D eigenvalue weighted by Crippen LogP contribution is 2.38. The van der Waals surface area contributed by atoms with Crippen LogP contribution in [0.1, 0.15) is 27.7 Å². The van der Waals surface area contributed by atoms with E-state index in [0.717, 1.165) is 11.4 Å². The van der Waals surface area contributed by atoms with Crippen molar-refractivity contribution >= 4 is 30.3 Å². The highest BCUT2D eigenvalue weighted by molar-refractivity contribution is 6.99. The minimum absolute atomic E-state index is 0.0476. The van der Waals surface area contributed by atoms with Gasteiger partial charge < -0.3 is 19.8 Å². The van der Waals surface area contributed by atoms with Crippen LogP contribution < -0.4 is 25.7 Å². The molecule has 0 unspecified atom stereocenters. The Bertz CT molecular complexity index is 1090. The highest BCUT2D eigenvalue weighted by atomic mass is 28.4. The van der Waals surface area contributed by atoms with Crippen molar-refractivity contribution in [1.29, 1.82) is 0 Å². The van der Waals surface area contributed by atoms with Crippen molar-refractivity contribution in [2.24, 2.45) is 11.7 Å². The molecule has 0 bridgehead atoms. The second kappa shape index (κ2) is 9.97. The number of anilines is 1. The van der Waals surface area contributed by atoms with Gasteiger partial charge in [-0.3, -0.25) is 4.79 Å². The molecule has 2 N–H and O–H groups in total. The first-order chi connectivity index (χ1) is 16.7. The van der Waals surface area contributed by atoms with Gasteiger partial charge in [0.05, 0.1) is 13.2 Å².